The molecular weight excluding hydrogens is 318 g/mol. The van der Waals surface area contributed by atoms with Gasteiger partial charge < -0.3 is 20.1 Å². The van der Waals surface area contributed by atoms with Crippen molar-refractivity contribution < 1.29 is 23.0 Å². The van der Waals surface area contributed by atoms with Crippen LogP contribution in [0.15, 0.2) is 42.5 Å². The van der Waals surface area contributed by atoms with Crippen LogP contribution in [0.5, 0.6) is 11.5 Å². The highest BCUT2D eigenvalue weighted by Gasteiger charge is 2.43. The van der Waals surface area contributed by atoms with E-state index < -0.39 is 12.3 Å². The molecule has 1 heterocycles. The van der Waals surface area contributed by atoms with Crippen LogP contribution < -0.4 is 20.1 Å². The molecule has 2 N–H and O–H groups in total. The average Bonchev–Trinajstić information content (AvgIpc) is 2.80. The number of benzene rings is 2. The number of nitrogens with one attached hydrogen (secondary N) is 2. The van der Waals surface area contributed by atoms with Gasteiger partial charge in [0, 0.05) is 17.4 Å². The highest BCUT2D eigenvalue weighted by Crippen LogP contribution is 2.42. The number of aryl methyl sites for hydroxylation is 1. The minimum atomic E-state index is -3.66. The minimum Gasteiger partial charge on any atom is -0.395 e. The highest BCUT2D eigenvalue weighted by atomic mass is 19.3. The molecule has 0 bridgehead atoms. The van der Waals surface area contributed by atoms with Gasteiger partial charge in [0.25, 0.3) is 0 Å². The molecule has 0 saturated carbocycles. The zero-order valence-corrected chi connectivity index (χ0v) is 13.1. The number of rotatable bonds is 4. The lowest BCUT2D eigenvalue weighted by Crippen LogP contribution is -2.31. The van der Waals surface area contributed by atoms with Crippen molar-refractivity contribution in [2.45, 2.75) is 26.2 Å². The van der Waals surface area contributed by atoms with E-state index in [0.717, 1.165) is 5.56 Å². The van der Waals surface area contributed by atoms with Crippen molar-refractivity contribution in [3.63, 3.8) is 0 Å². The molecule has 1 unspecified atom stereocenters. The first-order valence-corrected chi connectivity index (χ1v) is 7.36. The van der Waals surface area contributed by atoms with Gasteiger partial charge in [-0.15, -0.1) is 8.78 Å². The molecule has 1 atom stereocenters. The summed E-state index contributed by atoms with van der Waals surface area (Å²) in [6.45, 7) is 3.60. The van der Waals surface area contributed by atoms with Crippen molar-refractivity contribution in [3.8, 4) is 11.5 Å². The third-order valence-corrected chi connectivity index (χ3v) is 3.46. The molecule has 0 saturated heterocycles. The van der Waals surface area contributed by atoms with Crippen LogP contribution in [0.3, 0.4) is 0 Å². The van der Waals surface area contributed by atoms with E-state index in [-0.39, 0.29) is 17.4 Å². The molecule has 0 aromatic heterocycles. The largest absolute Gasteiger partial charge is 0.586 e. The molecule has 1 amide bonds. The lowest BCUT2D eigenvalue weighted by atomic mass is 10.2. The monoisotopic (exact) mass is 334 g/mol. The lowest BCUT2D eigenvalue weighted by Gasteiger charge is -2.15. The fourth-order valence-electron chi connectivity index (χ4n) is 2.33. The van der Waals surface area contributed by atoms with Gasteiger partial charge in [0.15, 0.2) is 11.5 Å². The number of amides is 1. The second-order valence-electron chi connectivity index (χ2n) is 5.55. The SMILES string of the molecule is Cc1cccc(NC(=O)C(C)Nc2ccc3c(c2)OC(F)(F)O3)c1. The Labute approximate surface area is 137 Å². The number of ether oxygens (including phenoxy) is 2. The van der Waals surface area contributed by atoms with E-state index in [2.05, 4.69) is 20.1 Å². The zero-order valence-electron chi connectivity index (χ0n) is 13.1. The van der Waals surface area contributed by atoms with Crippen molar-refractivity contribution in [1.82, 2.24) is 0 Å². The van der Waals surface area contributed by atoms with Crippen molar-refractivity contribution >= 4 is 17.3 Å². The molecule has 5 nitrogen and oxygen atoms in total. The third-order valence-electron chi connectivity index (χ3n) is 3.46. The van der Waals surface area contributed by atoms with Crippen LogP contribution in [0.1, 0.15) is 12.5 Å². The maximum atomic E-state index is 13.0. The second-order valence-corrected chi connectivity index (χ2v) is 5.55. The maximum Gasteiger partial charge on any atom is 0.586 e. The van der Waals surface area contributed by atoms with Gasteiger partial charge in [-0.25, -0.2) is 0 Å². The zero-order chi connectivity index (χ0) is 17.3. The van der Waals surface area contributed by atoms with E-state index in [0.29, 0.717) is 11.4 Å². The van der Waals surface area contributed by atoms with Crippen LogP contribution in [0.4, 0.5) is 20.2 Å². The molecule has 24 heavy (non-hydrogen) atoms. The predicted octanol–water partition coefficient (Wildman–Crippen LogP) is 3.76. The van der Waals surface area contributed by atoms with Gasteiger partial charge in [0.05, 0.1) is 0 Å². The fourth-order valence-corrected chi connectivity index (χ4v) is 2.33. The van der Waals surface area contributed by atoms with Gasteiger partial charge in [-0.05, 0) is 43.7 Å². The van der Waals surface area contributed by atoms with E-state index in [4.69, 9.17) is 0 Å². The molecule has 0 aliphatic carbocycles. The van der Waals surface area contributed by atoms with Gasteiger partial charge in [-0.3, -0.25) is 4.79 Å². The summed E-state index contributed by atoms with van der Waals surface area (Å²) >= 11 is 0. The Hall–Kier alpha value is -2.83. The van der Waals surface area contributed by atoms with Crippen molar-refractivity contribution in [2.75, 3.05) is 10.6 Å². The van der Waals surface area contributed by atoms with E-state index >= 15 is 0 Å². The summed E-state index contributed by atoms with van der Waals surface area (Å²) in [5, 5.41) is 5.73. The quantitative estimate of drug-likeness (QED) is 0.894. The van der Waals surface area contributed by atoms with Gasteiger partial charge >= 0.3 is 6.29 Å². The normalized spacial score (nSPS) is 15.7. The summed E-state index contributed by atoms with van der Waals surface area (Å²) in [4.78, 5) is 12.2. The summed E-state index contributed by atoms with van der Waals surface area (Å²) < 4.78 is 34.7. The van der Waals surface area contributed by atoms with Crippen LogP contribution in [0, 0.1) is 6.92 Å². The molecule has 0 fully saturated rings. The van der Waals surface area contributed by atoms with Crippen molar-refractivity contribution in [1.29, 1.82) is 0 Å². The lowest BCUT2D eigenvalue weighted by molar-refractivity contribution is -0.286. The maximum absolute atomic E-state index is 13.0. The molecule has 2 aromatic rings. The Morgan fingerprint density at radius 2 is 1.83 bits per heavy atom. The number of carbonyl (C=O) groups is 1. The fraction of sp³-hybridized carbons (Fsp3) is 0.235. The first-order chi connectivity index (χ1) is 11.3. The van der Waals surface area contributed by atoms with Crippen LogP contribution in [-0.4, -0.2) is 18.2 Å². The van der Waals surface area contributed by atoms with Crippen LogP contribution >= 0.6 is 0 Å². The molecule has 3 rings (SSSR count). The molecule has 2 aromatic carbocycles. The number of alkyl halides is 2. The van der Waals surface area contributed by atoms with Crippen molar-refractivity contribution in [2.24, 2.45) is 0 Å². The topological polar surface area (TPSA) is 59.6 Å². The highest BCUT2D eigenvalue weighted by molar-refractivity contribution is 5.96. The van der Waals surface area contributed by atoms with Gasteiger partial charge in [0.2, 0.25) is 5.91 Å². The Morgan fingerprint density at radius 1 is 1.08 bits per heavy atom. The molecule has 0 radical (unpaired) electrons. The number of hydrogen-bond acceptors (Lipinski definition) is 4. The summed E-state index contributed by atoms with van der Waals surface area (Å²) in [7, 11) is 0. The summed E-state index contributed by atoms with van der Waals surface area (Å²) in [6.07, 6.45) is -3.66. The van der Waals surface area contributed by atoms with Gasteiger partial charge in [-0.1, -0.05) is 12.1 Å². The Kier molecular flexibility index (Phi) is 4.01. The van der Waals surface area contributed by atoms with Gasteiger partial charge in [-0.2, -0.15) is 0 Å². The van der Waals surface area contributed by atoms with Crippen LogP contribution in [0.2, 0.25) is 0 Å². The Balaban J connectivity index is 1.65. The summed E-state index contributed by atoms with van der Waals surface area (Å²) in [5.41, 5.74) is 2.20. The summed E-state index contributed by atoms with van der Waals surface area (Å²) in [6, 6.07) is 11.1. The smallest absolute Gasteiger partial charge is 0.395 e. The third kappa shape index (κ3) is 3.56. The van der Waals surface area contributed by atoms with Crippen LogP contribution in [0.25, 0.3) is 0 Å². The molecule has 1 aliphatic heterocycles. The second kappa shape index (κ2) is 5.99. The van der Waals surface area contributed by atoms with Gasteiger partial charge in [0.1, 0.15) is 6.04 Å². The predicted molar refractivity (Wildman–Crippen MR) is 85.5 cm³/mol. The Bertz CT molecular complexity index is 780. The number of fused-ring (bicyclic) bond motifs is 1. The molecule has 126 valence electrons. The van der Waals surface area contributed by atoms with E-state index in [1.165, 1.54) is 12.1 Å². The number of anilines is 2. The molecular formula is C17H16F2N2O3. The van der Waals surface area contributed by atoms with Crippen LogP contribution in [-0.2, 0) is 4.79 Å². The molecule has 1 aliphatic rings. The average molecular weight is 334 g/mol. The Morgan fingerprint density at radius 3 is 2.58 bits per heavy atom. The van der Waals surface area contributed by atoms with Crippen molar-refractivity contribution in [3.05, 3.63) is 48.0 Å². The van der Waals surface area contributed by atoms with E-state index in [1.54, 1.807) is 19.1 Å². The van der Waals surface area contributed by atoms with E-state index in [1.807, 2.05) is 25.1 Å². The number of halogens is 2. The summed E-state index contributed by atoms with van der Waals surface area (Å²) in [5.74, 6) is -0.359. The number of carbonyl (C=O) groups excluding carboxylic acids is 1. The molecule has 0 spiro atoms. The minimum absolute atomic E-state index is 0.0394. The standard InChI is InChI=1S/C17H16F2N2O3/c1-10-4-3-5-12(8-10)21-16(22)11(2)20-13-6-7-14-15(9-13)24-17(18,19)23-14/h3-9,11,20H,1-2H3,(H,21,22). The first-order valence-electron chi connectivity index (χ1n) is 7.36. The van der Waals surface area contributed by atoms with E-state index in [9.17, 15) is 13.6 Å². The molecule has 7 heteroatoms. The first kappa shape index (κ1) is 16.0. The number of hydrogen-bond donors (Lipinski definition) is 2.